The number of esters is 2. The molecule has 0 saturated carbocycles. The lowest BCUT2D eigenvalue weighted by atomic mass is 10.1. The van der Waals surface area contributed by atoms with Crippen LogP contribution in [-0.4, -0.2) is 31.6 Å². The smallest absolute Gasteiger partial charge is 0.341 e. The van der Waals surface area contributed by atoms with Gasteiger partial charge in [0, 0.05) is 21.5 Å². The predicted molar refractivity (Wildman–Crippen MR) is 132 cm³/mol. The first-order chi connectivity index (χ1) is 16.7. The number of thiophene rings is 1. The second-order valence-electron chi connectivity index (χ2n) is 7.22. The van der Waals surface area contributed by atoms with Crippen molar-refractivity contribution in [3.8, 4) is 17.4 Å². The van der Waals surface area contributed by atoms with E-state index in [-0.39, 0.29) is 29.1 Å². The largest absolute Gasteiger partial charge is 0.465 e. The van der Waals surface area contributed by atoms with Crippen molar-refractivity contribution < 1.29 is 28.3 Å². The number of amides is 1. The van der Waals surface area contributed by atoms with Crippen LogP contribution in [0, 0.1) is 25.2 Å². The van der Waals surface area contributed by atoms with Gasteiger partial charge in [-0.05, 0) is 56.7 Å². The van der Waals surface area contributed by atoms with Gasteiger partial charge in [-0.1, -0.05) is 11.6 Å². The molecule has 0 aliphatic rings. The van der Waals surface area contributed by atoms with Crippen molar-refractivity contribution in [3.05, 3.63) is 68.3 Å². The van der Waals surface area contributed by atoms with E-state index < -0.39 is 17.8 Å². The zero-order chi connectivity index (χ0) is 25.7. The van der Waals surface area contributed by atoms with E-state index in [9.17, 15) is 19.6 Å². The van der Waals surface area contributed by atoms with Crippen molar-refractivity contribution in [2.24, 2.45) is 0 Å². The van der Waals surface area contributed by atoms with Crippen LogP contribution in [0.5, 0.6) is 0 Å². The molecule has 0 aliphatic carbocycles. The Hall–Kier alpha value is -3.87. The number of carbonyl (C=O) groups is 3. The Labute approximate surface area is 210 Å². The van der Waals surface area contributed by atoms with Crippen LogP contribution in [0.3, 0.4) is 0 Å². The quantitative estimate of drug-likeness (QED) is 0.242. The van der Waals surface area contributed by atoms with Crippen molar-refractivity contribution >= 4 is 51.9 Å². The molecule has 1 amide bonds. The van der Waals surface area contributed by atoms with E-state index in [1.54, 1.807) is 38.1 Å². The third-order valence-electron chi connectivity index (χ3n) is 5.02. The number of furan rings is 1. The van der Waals surface area contributed by atoms with Crippen molar-refractivity contribution in [1.29, 1.82) is 5.26 Å². The summed E-state index contributed by atoms with van der Waals surface area (Å²) in [5, 5.41) is 12.9. The Balaban J connectivity index is 1.91. The number of hydrogen-bond acceptors (Lipinski definition) is 8. The monoisotopic (exact) mass is 512 g/mol. The van der Waals surface area contributed by atoms with E-state index in [1.807, 2.05) is 13.0 Å². The highest BCUT2D eigenvalue weighted by Crippen LogP contribution is 2.34. The summed E-state index contributed by atoms with van der Waals surface area (Å²) in [6.07, 6.45) is 1.26. The van der Waals surface area contributed by atoms with E-state index in [0.717, 1.165) is 4.88 Å². The molecule has 0 saturated heterocycles. The van der Waals surface area contributed by atoms with Crippen LogP contribution in [0.15, 0.2) is 40.3 Å². The number of carbonyl (C=O) groups excluding carboxylic acids is 3. The number of nitriles is 1. The van der Waals surface area contributed by atoms with Gasteiger partial charge < -0.3 is 19.2 Å². The van der Waals surface area contributed by atoms with Gasteiger partial charge in [-0.3, -0.25) is 4.79 Å². The SMILES string of the molecule is CCOC(=O)c1c(NC(=O)/C(C#N)=C\c2ccc(-c3cc(Cl)ccc3C(=O)OC)o2)sc(C)c1C. The molecule has 1 N–H and O–H groups in total. The fourth-order valence-electron chi connectivity index (χ4n) is 3.21. The Morgan fingerprint density at radius 1 is 1.20 bits per heavy atom. The highest BCUT2D eigenvalue weighted by molar-refractivity contribution is 7.16. The summed E-state index contributed by atoms with van der Waals surface area (Å²) in [7, 11) is 1.26. The zero-order valence-electron chi connectivity index (χ0n) is 19.4. The molecule has 2 heterocycles. The summed E-state index contributed by atoms with van der Waals surface area (Å²) in [5.41, 5.74) is 1.36. The highest BCUT2D eigenvalue weighted by Gasteiger charge is 2.23. The number of hydrogen-bond donors (Lipinski definition) is 1. The lowest BCUT2D eigenvalue weighted by Gasteiger charge is -2.07. The van der Waals surface area contributed by atoms with E-state index in [0.29, 0.717) is 26.9 Å². The molecule has 0 atom stereocenters. The van der Waals surface area contributed by atoms with E-state index >= 15 is 0 Å². The molecule has 0 unspecified atom stereocenters. The fourth-order valence-corrected chi connectivity index (χ4v) is 4.42. The molecular formula is C25H21ClN2O6S. The average molecular weight is 513 g/mol. The maximum Gasteiger partial charge on any atom is 0.341 e. The number of rotatable bonds is 7. The molecule has 10 heteroatoms. The Kier molecular flexibility index (Phi) is 8.12. The third kappa shape index (κ3) is 5.62. The van der Waals surface area contributed by atoms with Gasteiger partial charge in [-0.25, -0.2) is 9.59 Å². The number of benzene rings is 1. The summed E-state index contributed by atoms with van der Waals surface area (Å²) in [4.78, 5) is 38.1. The number of halogens is 1. The van der Waals surface area contributed by atoms with Gasteiger partial charge in [0.1, 0.15) is 28.2 Å². The lowest BCUT2D eigenvalue weighted by molar-refractivity contribution is -0.112. The number of nitrogens with zero attached hydrogens (tertiary/aromatic N) is 1. The second-order valence-corrected chi connectivity index (χ2v) is 8.88. The predicted octanol–water partition coefficient (Wildman–Crippen LogP) is 5.79. The van der Waals surface area contributed by atoms with Crippen LogP contribution in [-0.2, 0) is 14.3 Å². The molecule has 0 aliphatic heterocycles. The molecule has 35 heavy (non-hydrogen) atoms. The summed E-state index contributed by atoms with van der Waals surface area (Å²) in [5.74, 6) is -1.33. The van der Waals surface area contributed by atoms with Crippen LogP contribution in [0.25, 0.3) is 17.4 Å². The minimum atomic E-state index is -0.713. The first-order valence-corrected chi connectivity index (χ1v) is 11.6. The topological polar surface area (TPSA) is 119 Å². The van der Waals surface area contributed by atoms with Gasteiger partial charge in [0.15, 0.2) is 0 Å². The Bertz CT molecular complexity index is 1380. The molecule has 0 spiro atoms. The molecule has 3 rings (SSSR count). The van der Waals surface area contributed by atoms with E-state index in [1.165, 1.54) is 30.6 Å². The Morgan fingerprint density at radius 2 is 1.94 bits per heavy atom. The van der Waals surface area contributed by atoms with E-state index in [2.05, 4.69) is 5.32 Å². The van der Waals surface area contributed by atoms with Gasteiger partial charge in [-0.2, -0.15) is 5.26 Å². The number of methoxy groups -OCH3 is 1. The van der Waals surface area contributed by atoms with Crippen molar-refractivity contribution in [2.45, 2.75) is 20.8 Å². The van der Waals surface area contributed by atoms with Crippen LogP contribution in [0.2, 0.25) is 5.02 Å². The standard InChI is InChI=1S/C25H21ClN2O6S/c1-5-33-25(31)21-13(2)14(3)35-23(21)28-22(29)15(12-27)10-17-7-9-20(34-17)19-11-16(26)6-8-18(19)24(30)32-4/h6-11H,5H2,1-4H3,(H,28,29)/b15-10-. The highest BCUT2D eigenvalue weighted by atomic mass is 35.5. The fraction of sp³-hybridized carbons (Fsp3) is 0.200. The van der Waals surface area contributed by atoms with E-state index in [4.69, 9.17) is 25.5 Å². The van der Waals surface area contributed by atoms with Gasteiger partial charge in [0.05, 0.1) is 24.8 Å². The number of nitrogens with one attached hydrogen (secondary N) is 1. The third-order valence-corrected chi connectivity index (χ3v) is 6.38. The molecule has 180 valence electrons. The number of ether oxygens (including phenoxy) is 2. The van der Waals surface area contributed by atoms with Gasteiger partial charge in [-0.15, -0.1) is 11.3 Å². The maximum absolute atomic E-state index is 12.8. The minimum absolute atomic E-state index is 0.190. The zero-order valence-corrected chi connectivity index (χ0v) is 20.9. The number of anilines is 1. The molecule has 0 radical (unpaired) electrons. The molecule has 0 fully saturated rings. The Morgan fingerprint density at radius 3 is 2.60 bits per heavy atom. The summed E-state index contributed by atoms with van der Waals surface area (Å²) in [6, 6.07) is 9.60. The normalized spacial score (nSPS) is 11.0. The molecule has 8 nitrogen and oxygen atoms in total. The molecular weight excluding hydrogens is 492 g/mol. The van der Waals surface area contributed by atoms with Gasteiger partial charge in [0.25, 0.3) is 5.91 Å². The summed E-state index contributed by atoms with van der Waals surface area (Å²) < 4.78 is 15.7. The van der Waals surface area contributed by atoms with Crippen LogP contribution < -0.4 is 5.32 Å². The first kappa shape index (κ1) is 25.7. The van der Waals surface area contributed by atoms with Crippen LogP contribution in [0.1, 0.15) is 43.8 Å². The molecule has 0 bridgehead atoms. The van der Waals surface area contributed by atoms with Crippen LogP contribution in [0.4, 0.5) is 5.00 Å². The average Bonchev–Trinajstić information content (AvgIpc) is 3.40. The lowest BCUT2D eigenvalue weighted by Crippen LogP contribution is -2.16. The minimum Gasteiger partial charge on any atom is -0.465 e. The maximum atomic E-state index is 12.8. The second kappa shape index (κ2) is 11.0. The molecule has 3 aromatic rings. The molecule has 2 aromatic heterocycles. The van der Waals surface area contributed by atoms with Crippen LogP contribution >= 0.6 is 22.9 Å². The van der Waals surface area contributed by atoms with Crippen molar-refractivity contribution in [1.82, 2.24) is 0 Å². The summed E-state index contributed by atoms with van der Waals surface area (Å²) >= 11 is 7.30. The van der Waals surface area contributed by atoms with Gasteiger partial charge >= 0.3 is 11.9 Å². The number of aryl methyl sites for hydroxylation is 1. The molecule has 1 aromatic carbocycles. The summed E-state index contributed by atoms with van der Waals surface area (Å²) in [6.45, 7) is 5.46. The van der Waals surface area contributed by atoms with Crippen molar-refractivity contribution in [2.75, 3.05) is 19.0 Å². The van der Waals surface area contributed by atoms with Crippen molar-refractivity contribution in [3.63, 3.8) is 0 Å². The first-order valence-electron chi connectivity index (χ1n) is 10.4. The van der Waals surface area contributed by atoms with Gasteiger partial charge in [0.2, 0.25) is 0 Å².